The summed E-state index contributed by atoms with van der Waals surface area (Å²) in [6.07, 6.45) is 6.15. The van der Waals surface area contributed by atoms with E-state index in [4.69, 9.17) is 9.47 Å². The molecule has 1 amide bonds. The number of carbonyl (C=O) groups is 1. The number of hydrogen-bond acceptors (Lipinski definition) is 5. The van der Waals surface area contributed by atoms with Crippen molar-refractivity contribution in [2.24, 2.45) is 0 Å². The van der Waals surface area contributed by atoms with Crippen molar-refractivity contribution in [3.05, 3.63) is 64.2 Å². The third-order valence-corrected chi connectivity index (χ3v) is 6.50. The lowest BCUT2D eigenvalue weighted by Gasteiger charge is -2.29. The van der Waals surface area contributed by atoms with Gasteiger partial charge >= 0.3 is 0 Å². The first kappa shape index (κ1) is 20.5. The highest BCUT2D eigenvalue weighted by Gasteiger charge is 2.27. The normalized spacial score (nSPS) is 15.4. The van der Waals surface area contributed by atoms with Crippen molar-refractivity contribution >= 4 is 16.8 Å². The lowest BCUT2D eigenvalue weighted by molar-refractivity contribution is -0.134. The van der Waals surface area contributed by atoms with Crippen molar-refractivity contribution in [1.82, 2.24) is 14.5 Å². The van der Waals surface area contributed by atoms with Gasteiger partial charge < -0.3 is 14.4 Å². The Labute approximate surface area is 186 Å². The Morgan fingerprint density at radius 3 is 2.81 bits per heavy atom. The van der Waals surface area contributed by atoms with Crippen LogP contribution in [-0.2, 0) is 17.9 Å². The van der Waals surface area contributed by atoms with Gasteiger partial charge in [-0.1, -0.05) is 31.0 Å². The van der Waals surface area contributed by atoms with Gasteiger partial charge in [-0.3, -0.25) is 14.2 Å². The zero-order valence-electron chi connectivity index (χ0n) is 18.3. The fourth-order valence-electron chi connectivity index (χ4n) is 4.73. The van der Waals surface area contributed by atoms with Gasteiger partial charge in [-0.25, -0.2) is 4.98 Å². The highest BCUT2D eigenvalue weighted by Crippen LogP contribution is 2.34. The Morgan fingerprint density at radius 1 is 1.16 bits per heavy atom. The molecule has 2 heterocycles. The van der Waals surface area contributed by atoms with E-state index in [1.54, 1.807) is 17.0 Å². The van der Waals surface area contributed by atoms with Gasteiger partial charge in [-0.15, -0.1) is 0 Å². The van der Waals surface area contributed by atoms with Crippen LogP contribution in [0.25, 0.3) is 10.9 Å². The topological polar surface area (TPSA) is 73.7 Å². The zero-order valence-corrected chi connectivity index (χ0v) is 18.3. The summed E-state index contributed by atoms with van der Waals surface area (Å²) >= 11 is 0. The number of carbonyl (C=O) groups excluding carboxylic acids is 1. The first-order chi connectivity index (χ1) is 15.6. The SMILES string of the molecule is Cc1cccc2c(=O)n(CCC(=O)N(Cc3ccc4c(c3)OCO4)C3CCCC3)cnc12. The monoisotopic (exact) mass is 433 g/mol. The number of hydrogen-bond donors (Lipinski definition) is 0. The molecule has 3 aromatic rings. The van der Waals surface area contributed by atoms with E-state index >= 15 is 0 Å². The van der Waals surface area contributed by atoms with Crippen molar-refractivity contribution in [2.75, 3.05) is 6.79 Å². The van der Waals surface area contributed by atoms with Gasteiger partial charge in [0.2, 0.25) is 12.7 Å². The zero-order chi connectivity index (χ0) is 22.1. The number of benzene rings is 2. The summed E-state index contributed by atoms with van der Waals surface area (Å²) in [6.45, 7) is 3.03. The standard InChI is InChI=1S/C25H27N3O4/c1-17-5-4-8-20-24(17)26-15-27(25(20)30)12-11-23(29)28(19-6-2-3-7-19)14-18-9-10-21-22(13-18)32-16-31-21/h4-5,8-10,13,15,19H,2-3,6-7,11-12,14,16H2,1H3. The maximum absolute atomic E-state index is 13.3. The number of para-hydroxylation sites is 1. The molecule has 0 spiro atoms. The number of amides is 1. The van der Waals surface area contributed by atoms with E-state index in [9.17, 15) is 9.59 Å². The average molecular weight is 434 g/mol. The summed E-state index contributed by atoms with van der Waals surface area (Å²) in [5.41, 5.74) is 2.61. The molecule has 7 heteroatoms. The number of aryl methyl sites for hydroxylation is 2. The van der Waals surface area contributed by atoms with Crippen LogP contribution in [0.5, 0.6) is 11.5 Å². The molecule has 2 aliphatic rings. The molecular weight excluding hydrogens is 406 g/mol. The molecule has 0 radical (unpaired) electrons. The van der Waals surface area contributed by atoms with E-state index in [0.29, 0.717) is 18.5 Å². The molecule has 2 aromatic carbocycles. The van der Waals surface area contributed by atoms with Crippen LogP contribution in [0, 0.1) is 6.92 Å². The molecule has 1 aromatic heterocycles. The highest BCUT2D eigenvalue weighted by molar-refractivity contribution is 5.80. The quantitative estimate of drug-likeness (QED) is 0.591. The first-order valence-electron chi connectivity index (χ1n) is 11.2. The van der Waals surface area contributed by atoms with Crippen molar-refractivity contribution in [1.29, 1.82) is 0 Å². The smallest absolute Gasteiger partial charge is 0.261 e. The summed E-state index contributed by atoms with van der Waals surface area (Å²) in [6, 6.07) is 11.7. The first-order valence-corrected chi connectivity index (χ1v) is 11.2. The summed E-state index contributed by atoms with van der Waals surface area (Å²) < 4.78 is 12.4. The highest BCUT2D eigenvalue weighted by atomic mass is 16.7. The van der Waals surface area contributed by atoms with Gasteiger partial charge in [-0.05, 0) is 49.1 Å². The molecule has 166 valence electrons. The fraction of sp³-hybridized carbons (Fsp3) is 0.400. The molecule has 1 fully saturated rings. The van der Waals surface area contributed by atoms with E-state index in [2.05, 4.69) is 4.98 Å². The predicted octanol–water partition coefficient (Wildman–Crippen LogP) is 3.80. The van der Waals surface area contributed by atoms with Crippen LogP contribution in [0.3, 0.4) is 0 Å². The van der Waals surface area contributed by atoms with Crippen LogP contribution < -0.4 is 15.0 Å². The number of fused-ring (bicyclic) bond motifs is 2. The molecule has 0 atom stereocenters. The van der Waals surface area contributed by atoms with Crippen LogP contribution in [0.4, 0.5) is 0 Å². The molecule has 7 nitrogen and oxygen atoms in total. The van der Waals surface area contributed by atoms with Gasteiger partial charge in [0.25, 0.3) is 5.56 Å². The minimum absolute atomic E-state index is 0.0609. The maximum Gasteiger partial charge on any atom is 0.261 e. The molecule has 1 aliphatic heterocycles. The molecule has 0 bridgehead atoms. The molecule has 32 heavy (non-hydrogen) atoms. The predicted molar refractivity (Wildman–Crippen MR) is 121 cm³/mol. The van der Waals surface area contributed by atoms with Crippen LogP contribution in [-0.4, -0.2) is 33.2 Å². The van der Waals surface area contributed by atoms with E-state index in [-0.39, 0.29) is 30.7 Å². The molecule has 5 rings (SSSR count). The maximum atomic E-state index is 13.3. The van der Waals surface area contributed by atoms with Crippen LogP contribution >= 0.6 is 0 Å². The molecule has 0 N–H and O–H groups in total. The van der Waals surface area contributed by atoms with E-state index in [1.807, 2.05) is 42.2 Å². The lowest BCUT2D eigenvalue weighted by Crippen LogP contribution is -2.39. The summed E-state index contributed by atoms with van der Waals surface area (Å²) in [5, 5.41) is 0.591. The number of rotatable bonds is 6. The molecule has 0 saturated heterocycles. The lowest BCUT2D eigenvalue weighted by atomic mass is 10.1. The van der Waals surface area contributed by atoms with Gasteiger partial charge in [0.05, 0.1) is 17.2 Å². The Bertz CT molecular complexity index is 1210. The van der Waals surface area contributed by atoms with E-state index in [1.165, 1.54) is 0 Å². The van der Waals surface area contributed by atoms with Gasteiger partial charge in [-0.2, -0.15) is 0 Å². The number of aromatic nitrogens is 2. The average Bonchev–Trinajstić information content (AvgIpc) is 3.49. The number of ether oxygens (including phenoxy) is 2. The Morgan fingerprint density at radius 2 is 1.97 bits per heavy atom. The van der Waals surface area contributed by atoms with Gasteiger partial charge in [0, 0.05) is 25.6 Å². The number of nitrogens with zero attached hydrogens (tertiary/aromatic N) is 3. The van der Waals surface area contributed by atoms with E-state index < -0.39 is 0 Å². The second-order valence-corrected chi connectivity index (χ2v) is 8.61. The Hall–Kier alpha value is -3.35. The Balaban J connectivity index is 1.33. The largest absolute Gasteiger partial charge is 0.454 e. The van der Waals surface area contributed by atoms with E-state index in [0.717, 1.165) is 53.8 Å². The summed E-state index contributed by atoms with van der Waals surface area (Å²) in [5.74, 6) is 1.53. The van der Waals surface area contributed by atoms with Crippen LogP contribution in [0.15, 0.2) is 47.5 Å². The van der Waals surface area contributed by atoms with Gasteiger partial charge in [0.15, 0.2) is 11.5 Å². The van der Waals surface area contributed by atoms with Crippen LogP contribution in [0.1, 0.15) is 43.2 Å². The second kappa shape index (κ2) is 8.65. The molecule has 0 unspecified atom stereocenters. The Kier molecular flexibility index (Phi) is 5.55. The summed E-state index contributed by atoms with van der Waals surface area (Å²) in [4.78, 5) is 32.6. The van der Waals surface area contributed by atoms with Crippen LogP contribution in [0.2, 0.25) is 0 Å². The molecule has 1 saturated carbocycles. The third-order valence-electron chi connectivity index (χ3n) is 6.50. The second-order valence-electron chi connectivity index (χ2n) is 8.61. The minimum atomic E-state index is -0.102. The minimum Gasteiger partial charge on any atom is -0.454 e. The van der Waals surface area contributed by atoms with Crippen molar-refractivity contribution in [3.8, 4) is 11.5 Å². The van der Waals surface area contributed by atoms with Crippen molar-refractivity contribution in [2.45, 2.75) is 58.2 Å². The summed E-state index contributed by atoms with van der Waals surface area (Å²) in [7, 11) is 0. The molecular formula is C25H27N3O4. The molecule has 1 aliphatic carbocycles. The van der Waals surface area contributed by atoms with Crippen molar-refractivity contribution < 1.29 is 14.3 Å². The third kappa shape index (κ3) is 3.95. The van der Waals surface area contributed by atoms with Gasteiger partial charge in [0.1, 0.15) is 0 Å². The van der Waals surface area contributed by atoms with Crippen molar-refractivity contribution in [3.63, 3.8) is 0 Å². The fourth-order valence-corrected chi connectivity index (χ4v) is 4.73.